The van der Waals surface area contributed by atoms with Gasteiger partial charge in [-0.25, -0.2) is 0 Å². The lowest BCUT2D eigenvalue weighted by atomic mass is 10.1. The minimum atomic E-state index is -0.000741. The van der Waals surface area contributed by atoms with E-state index in [2.05, 4.69) is 15.6 Å². The summed E-state index contributed by atoms with van der Waals surface area (Å²) < 4.78 is 0. The average molecular weight is 219 g/mol. The zero-order chi connectivity index (χ0) is 11.4. The molecule has 0 bridgehead atoms. The molecule has 2 rings (SSSR count). The molecule has 1 unspecified atom stereocenters. The van der Waals surface area contributed by atoms with Crippen molar-refractivity contribution in [3.8, 4) is 0 Å². The second-order valence-electron chi connectivity index (χ2n) is 4.20. The van der Waals surface area contributed by atoms with Crippen LogP contribution in [0.25, 0.3) is 0 Å². The first-order chi connectivity index (χ1) is 7.75. The first-order valence-corrected chi connectivity index (χ1v) is 5.70. The van der Waals surface area contributed by atoms with E-state index in [9.17, 15) is 4.79 Å². The van der Waals surface area contributed by atoms with Gasteiger partial charge in [-0.1, -0.05) is 0 Å². The van der Waals surface area contributed by atoms with Gasteiger partial charge >= 0.3 is 0 Å². The van der Waals surface area contributed by atoms with Crippen molar-refractivity contribution in [1.82, 2.24) is 15.6 Å². The van der Waals surface area contributed by atoms with Crippen LogP contribution in [0.3, 0.4) is 0 Å². The van der Waals surface area contributed by atoms with E-state index < -0.39 is 0 Å². The molecule has 4 heteroatoms. The lowest BCUT2D eigenvalue weighted by molar-refractivity contribution is 0.0930. The Kier molecular flexibility index (Phi) is 3.51. The van der Waals surface area contributed by atoms with Gasteiger partial charge in [0.25, 0.3) is 5.91 Å². The molecule has 86 valence electrons. The monoisotopic (exact) mass is 219 g/mol. The zero-order valence-electron chi connectivity index (χ0n) is 9.49. The first-order valence-electron chi connectivity index (χ1n) is 5.70. The van der Waals surface area contributed by atoms with Crippen molar-refractivity contribution in [2.75, 3.05) is 13.1 Å². The zero-order valence-corrected chi connectivity index (χ0v) is 9.49. The quantitative estimate of drug-likeness (QED) is 0.776. The van der Waals surface area contributed by atoms with Gasteiger partial charge in [-0.05, 0) is 38.4 Å². The smallest absolute Gasteiger partial charge is 0.251 e. The Bertz CT molecular complexity index is 372. The maximum Gasteiger partial charge on any atom is 0.251 e. The Morgan fingerprint density at radius 2 is 2.50 bits per heavy atom. The number of carbonyl (C=O) groups excluding carboxylic acids is 1. The molecule has 1 saturated heterocycles. The summed E-state index contributed by atoms with van der Waals surface area (Å²) in [7, 11) is 0. The van der Waals surface area contributed by atoms with Crippen LogP contribution in [0.1, 0.15) is 28.9 Å². The van der Waals surface area contributed by atoms with Crippen molar-refractivity contribution in [1.29, 1.82) is 0 Å². The number of nitrogens with one attached hydrogen (secondary N) is 2. The highest BCUT2D eigenvalue weighted by Crippen LogP contribution is 2.05. The number of aromatic nitrogens is 1. The molecule has 2 heterocycles. The highest BCUT2D eigenvalue weighted by Gasteiger charge is 2.16. The molecule has 0 aliphatic carbocycles. The summed E-state index contributed by atoms with van der Waals surface area (Å²) in [6.07, 6.45) is 3.85. The van der Waals surface area contributed by atoms with E-state index in [1.54, 1.807) is 12.3 Å². The SMILES string of the molecule is Cc1cc(C(=O)NC2CCCNC2)ccn1. The summed E-state index contributed by atoms with van der Waals surface area (Å²) in [5, 5.41) is 6.31. The number of amides is 1. The van der Waals surface area contributed by atoms with Gasteiger partial charge in [0.1, 0.15) is 0 Å². The largest absolute Gasteiger partial charge is 0.348 e. The van der Waals surface area contributed by atoms with Gasteiger partial charge in [-0.3, -0.25) is 9.78 Å². The summed E-state index contributed by atoms with van der Waals surface area (Å²) in [5.74, 6) is -0.000741. The molecule has 0 aromatic carbocycles. The van der Waals surface area contributed by atoms with E-state index >= 15 is 0 Å². The molecule has 1 aliphatic heterocycles. The van der Waals surface area contributed by atoms with Gasteiger partial charge in [0.2, 0.25) is 0 Å². The first kappa shape index (κ1) is 11.1. The van der Waals surface area contributed by atoms with Crippen LogP contribution in [0, 0.1) is 6.92 Å². The maximum absolute atomic E-state index is 11.9. The van der Waals surface area contributed by atoms with Gasteiger partial charge in [0, 0.05) is 30.0 Å². The van der Waals surface area contributed by atoms with Gasteiger partial charge in [0.15, 0.2) is 0 Å². The fraction of sp³-hybridized carbons (Fsp3) is 0.500. The molecule has 0 spiro atoms. The molecular weight excluding hydrogens is 202 g/mol. The predicted molar refractivity (Wildman–Crippen MR) is 62.3 cm³/mol. The van der Waals surface area contributed by atoms with Crippen LogP contribution >= 0.6 is 0 Å². The van der Waals surface area contributed by atoms with E-state index in [0.29, 0.717) is 5.56 Å². The molecule has 1 atom stereocenters. The van der Waals surface area contributed by atoms with Gasteiger partial charge < -0.3 is 10.6 Å². The standard InChI is InChI=1S/C12H17N3O/c1-9-7-10(4-6-14-9)12(16)15-11-3-2-5-13-8-11/h4,6-7,11,13H,2-3,5,8H2,1H3,(H,15,16). The van der Waals surface area contributed by atoms with Crippen LogP contribution in [0.5, 0.6) is 0 Å². The van der Waals surface area contributed by atoms with Crippen molar-refractivity contribution >= 4 is 5.91 Å². The number of pyridine rings is 1. The van der Waals surface area contributed by atoms with Crippen LogP contribution in [-0.2, 0) is 0 Å². The Labute approximate surface area is 95.5 Å². The van der Waals surface area contributed by atoms with Crippen molar-refractivity contribution < 1.29 is 4.79 Å². The number of nitrogens with zero attached hydrogens (tertiary/aromatic N) is 1. The fourth-order valence-electron chi connectivity index (χ4n) is 1.93. The third-order valence-corrected chi connectivity index (χ3v) is 2.79. The van der Waals surface area contributed by atoms with Gasteiger partial charge in [-0.15, -0.1) is 0 Å². The lowest BCUT2D eigenvalue weighted by Crippen LogP contribution is -2.45. The summed E-state index contributed by atoms with van der Waals surface area (Å²) in [4.78, 5) is 16.0. The summed E-state index contributed by atoms with van der Waals surface area (Å²) >= 11 is 0. The number of carbonyl (C=O) groups is 1. The number of aryl methyl sites for hydroxylation is 1. The van der Waals surface area contributed by atoms with Crippen molar-refractivity contribution in [3.63, 3.8) is 0 Å². The highest BCUT2D eigenvalue weighted by molar-refractivity contribution is 5.94. The Hall–Kier alpha value is -1.42. The van der Waals surface area contributed by atoms with Crippen molar-refractivity contribution in [2.45, 2.75) is 25.8 Å². The molecule has 2 N–H and O–H groups in total. The second kappa shape index (κ2) is 5.07. The summed E-state index contributed by atoms with van der Waals surface area (Å²) in [6, 6.07) is 3.82. The van der Waals surface area contributed by atoms with Crippen LogP contribution < -0.4 is 10.6 Å². The maximum atomic E-state index is 11.9. The number of hydrogen-bond donors (Lipinski definition) is 2. The fourth-order valence-corrected chi connectivity index (χ4v) is 1.93. The summed E-state index contributed by atoms with van der Waals surface area (Å²) in [5.41, 5.74) is 1.56. The topological polar surface area (TPSA) is 54.0 Å². The number of hydrogen-bond acceptors (Lipinski definition) is 3. The second-order valence-corrected chi connectivity index (χ2v) is 4.20. The van der Waals surface area contributed by atoms with Crippen LogP contribution in [0.15, 0.2) is 18.3 Å². The normalized spacial score (nSPS) is 20.4. The molecule has 1 aromatic rings. The van der Waals surface area contributed by atoms with E-state index in [4.69, 9.17) is 0 Å². The third-order valence-electron chi connectivity index (χ3n) is 2.79. The minimum absolute atomic E-state index is 0.000741. The molecule has 0 saturated carbocycles. The number of piperidine rings is 1. The Morgan fingerprint density at radius 3 is 3.19 bits per heavy atom. The number of rotatable bonds is 2. The molecule has 1 aliphatic rings. The predicted octanol–water partition coefficient (Wildman–Crippen LogP) is 0.872. The van der Waals surface area contributed by atoms with Crippen LogP contribution in [-0.4, -0.2) is 30.0 Å². The highest BCUT2D eigenvalue weighted by atomic mass is 16.1. The molecule has 0 radical (unpaired) electrons. The van der Waals surface area contributed by atoms with Gasteiger partial charge in [-0.2, -0.15) is 0 Å². The van der Waals surface area contributed by atoms with Crippen LogP contribution in [0.2, 0.25) is 0 Å². The van der Waals surface area contributed by atoms with E-state index in [1.807, 2.05) is 13.0 Å². The van der Waals surface area contributed by atoms with E-state index in [0.717, 1.165) is 31.6 Å². The third kappa shape index (κ3) is 2.79. The Balaban J connectivity index is 1.97. The molecule has 1 fully saturated rings. The van der Waals surface area contributed by atoms with Crippen LogP contribution in [0.4, 0.5) is 0 Å². The molecular formula is C12H17N3O. The lowest BCUT2D eigenvalue weighted by Gasteiger charge is -2.23. The van der Waals surface area contributed by atoms with E-state index in [1.165, 1.54) is 0 Å². The van der Waals surface area contributed by atoms with Crippen molar-refractivity contribution in [3.05, 3.63) is 29.6 Å². The minimum Gasteiger partial charge on any atom is -0.348 e. The molecule has 1 aromatic heterocycles. The summed E-state index contributed by atoms with van der Waals surface area (Å²) in [6.45, 7) is 3.81. The Morgan fingerprint density at radius 1 is 1.62 bits per heavy atom. The van der Waals surface area contributed by atoms with Gasteiger partial charge in [0.05, 0.1) is 0 Å². The molecule has 1 amide bonds. The van der Waals surface area contributed by atoms with E-state index in [-0.39, 0.29) is 11.9 Å². The molecule has 16 heavy (non-hydrogen) atoms. The van der Waals surface area contributed by atoms with Crippen molar-refractivity contribution in [2.24, 2.45) is 0 Å². The average Bonchev–Trinajstić information content (AvgIpc) is 2.30. The molecule has 4 nitrogen and oxygen atoms in total.